The molecule has 2 atom stereocenters. The summed E-state index contributed by atoms with van der Waals surface area (Å²) < 4.78 is 31.6. The van der Waals surface area contributed by atoms with E-state index in [0.29, 0.717) is 29.4 Å². The van der Waals surface area contributed by atoms with Gasteiger partial charge in [-0.1, -0.05) is 25.4 Å². The number of sulfonamides is 1. The highest BCUT2D eigenvalue weighted by Crippen LogP contribution is 2.32. The molecule has 0 spiro atoms. The summed E-state index contributed by atoms with van der Waals surface area (Å²) in [4.78, 5) is 3.95. The van der Waals surface area contributed by atoms with Gasteiger partial charge in [0.15, 0.2) is 0 Å². The fraction of sp³-hybridized carbons (Fsp3) is 0.579. The van der Waals surface area contributed by atoms with Crippen LogP contribution in [0.5, 0.6) is 0 Å². The quantitative estimate of drug-likeness (QED) is 0.391. The number of aromatic nitrogens is 2. The predicted molar refractivity (Wildman–Crippen MR) is 125 cm³/mol. The van der Waals surface area contributed by atoms with Crippen LogP contribution in [0.1, 0.15) is 39.2 Å². The molecule has 6 N–H and O–H groups in total. The van der Waals surface area contributed by atoms with E-state index in [9.17, 15) is 8.42 Å². The van der Waals surface area contributed by atoms with Crippen LogP contribution in [-0.4, -0.2) is 36.9 Å². The van der Waals surface area contributed by atoms with Crippen LogP contribution in [0, 0.1) is 18.3 Å². The lowest BCUT2D eigenvalue weighted by Crippen LogP contribution is -2.36. The molecule has 2 rings (SSSR count). The Hall–Kier alpha value is -1.46. The Morgan fingerprint density at radius 3 is 2.60 bits per heavy atom. The summed E-state index contributed by atoms with van der Waals surface area (Å²) in [5.41, 5.74) is 13.3. The van der Waals surface area contributed by atoms with E-state index in [1.807, 2.05) is 6.92 Å². The highest BCUT2D eigenvalue weighted by Gasteiger charge is 2.26. The van der Waals surface area contributed by atoms with Crippen molar-refractivity contribution in [3.8, 4) is 0 Å². The van der Waals surface area contributed by atoms with Crippen LogP contribution in [0.25, 0.3) is 0 Å². The minimum atomic E-state index is -3.81. The van der Waals surface area contributed by atoms with Crippen molar-refractivity contribution in [3.05, 3.63) is 29.0 Å². The predicted octanol–water partition coefficient (Wildman–Crippen LogP) is 3.44. The van der Waals surface area contributed by atoms with E-state index in [4.69, 9.17) is 23.1 Å². The Balaban J connectivity index is 2.16. The molecule has 0 aliphatic rings. The van der Waals surface area contributed by atoms with Gasteiger partial charge in [-0.15, -0.1) is 0 Å². The zero-order valence-corrected chi connectivity index (χ0v) is 20.2. The molecule has 0 aliphatic heterocycles. The summed E-state index contributed by atoms with van der Waals surface area (Å²) in [5, 5.41) is 3.87. The molecule has 8 nitrogen and oxygen atoms in total. The topological polar surface area (TPSA) is 136 Å². The average Bonchev–Trinajstić information content (AvgIpc) is 3.12. The summed E-state index contributed by atoms with van der Waals surface area (Å²) in [6.45, 7) is 9.36. The van der Waals surface area contributed by atoms with E-state index in [1.165, 1.54) is 12.4 Å². The number of halogens is 1. The number of hydrogen-bond donors (Lipinski definition) is 4. The molecule has 11 heteroatoms. The van der Waals surface area contributed by atoms with Gasteiger partial charge in [0, 0.05) is 24.1 Å². The molecule has 0 saturated heterocycles. The van der Waals surface area contributed by atoms with Crippen molar-refractivity contribution >= 4 is 44.0 Å². The summed E-state index contributed by atoms with van der Waals surface area (Å²) >= 11 is 7.37. The molecule has 1 aromatic carbocycles. The summed E-state index contributed by atoms with van der Waals surface area (Å²) in [6, 6.07) is 3.17. The Morgan fingerprint density at radius 1 is 1.33 bits per heavy atom. The molecule has 0 aliphatic carbocycles. The van der Waals surface area contributed by atoms with Gasteiger partial charge in [-0.2, -0.15) is 4.37 Å². The number of hydrogen-bond acceptors (Lipinski definition) is 8. The fourth-order valence-corrected chi connectivity index (χ4v) is 5.57. The van der Waals surface area contributed by atoms with Crippen LogP contribution in [-0.2, 0) is 10.0 Å². The third-order valence-corrected chi connectivity index (χ3v) is 7.57. The minimum Gasteiger partial charge on any atom is -0.383 e. The van der Waals surface area contributed by atoms with Crippen LogP contribution in [0.15, 0.2) is 23.4 Å². The normalized spacial score (nSPS) is 14.4. The second-order valence-electron chi connectivity index (χ2n) is 8.36. The molecule has 1 heterocycles. The maximum atomic E-state index is 12.7. The van der Waals surface area contributed by atoms with Crippen molar-refractivity contribution in [1.82, 2.24) is 9.36 Å². The Kier molecular flexibility index (Phi) is 8.46. The maximum Gasteiger partial charge on any atom is 0.264 e. The van der Waals surface area contributed by atoms with Crippen LogP contribution >= 0.6 is 23.1 Å². The van der Waals surface area contributed by atoms with Crippen molar-refractivity contribution in [2.24, 2.45) is 22.8 Å². The van der Waals surface area contributed by atoms with Gasteiger partial charge in [0.05, 0.1) is 15.6 Å². The summed E-state index contributed by atoms with van der Waals surface area (Å²) in [5.74, 6) is 0.213. The number of aryl methyl sites for hydroxylation is 1. The van der Waals surface area contributed by atoms with E-state index in [0.717, 1.165) is 24.4 Å². The van der Waals surface area contributed by atoms with Crippen LogP contribution in [0.2, 0.25) is 5.02 Å². The van der Waals surface area contributed by atoms with E-state index >= 15 is 0 Å². The molecular formula is C19H31ClN6O2S2. The first-order chi connectivity index (χ1) is 13.9. The second kappa shape index (κ2) is 10.2. The van der Waals surface area contributed by atoms with Gasteiger partial charge < -0.3 is 16.8 Å². The van der Waals surface area contributed by atoms with E-state index in [2.05, 4.69) is 33.2 Å². The molecule has 0 fully saturated rings. The molecular weight excluding hydrogens is 444 g/mol. The lowest BCUT2D eigenvalue weighted by Gasteiger charge is -2.32. The van der Waals surface area contributed by atoms with Crippen molar-refractivity contribution in [1.29, 1.82) is 0 Å². The number of nitrogens with zero attached hydrogens (tertiary/aromatic N) is 2. The maximum absolute atomic E-state index is 12.7. The van der Waals surface area contributed by atoms with Crippen molar-refractivity contribution in [3.63, 3.8) is 0 Å². The van der Waals surface area contributed by atoms with Gasteiger partial charge in [0.25, 0.3) is 10.0 Å². The monoisotopic (exact) mass is 474 g/mol. The molecule has 0 unspecified atom stereocenters. The molecule has 0 saturated carbocycles. The number of anilines is 2. The minimum absolute atomic E-state index is 0.00909. The molecule has 30 heavy (non-hydrogen) atoms. The third-order valence-electron chi connectivity index (χ3n) is 5.07. The largest absolute Gasteiger partial charge is 0.383 e. The number of nitrogens with two attached hydrogens (primary N) is 2. The number of rotatable bonds is 11. The second-order valence-corrected chi connectivity index (χ2v) is 11.2. The highest BCUT2D eigenvalue weighted by molar-refractivity contribution is 7.93. The van der Waals surface area contributed by atoms with E-state index in [1.54, 1.807) is 13.0 Å². The lowest BCUT2D eigenvalue weighted by molar-refractivity contribution is 0.239. The van der Waals surface area contributed by atoms with Crippen LogP contribution in [0.4, 0.5) is 10.8 Å². The SMILES string of the molecule is Cc1cc(NC[C@H](CC(C)(C)CCN)[C@@H](C)N)c(Cl)cc1S(=O)(=O)Nc1ncns1. The van der Waals surface area contributed by atoms with Gasteiger partial charge >= 0.3 is 0 Å². The van der Waals surface area contributed by atoms with Crippen molar-refractivity contribution < 1.29 is 8.42 Å². The van der Waals surface area contributed by atoms with Gasteiger partial charge in [0.1, 0.15) is 6.33 Å². The highest BCUT2D eigenvalue weighted by atomic mass is 35.5. The van der Waals surface area contributed by atoms with Gasteiger partial charge in [-0.25, -0.2) is 13.4 Å². The first-order valence-corrected chi connectivity index (χ1v) is 12.4. The fourth-order valence-electron chi connectivity index (χ4n) is 3.36. The average molecular weight is 475 g/mol. The standard InChI is InChI=1S/C19H31ClN6O2S2/c1-12-7-16(23-10-14(13(2)22)9-19(3,4)5-6-21)15(20)8-17(12)30(27,28)26-18-24-11-25-29-18/h7-8,11,13-14,23H,5-6,9-10,21-22H2,1-4H3,(H,24,25,26)/t13-,14+/m1/s1. The van der Waals surface area contributed by atoms with Gasteiger partial charge in [0.2, 0.25) is 5.13 Å². The Labute approximate surface area is 188 Å². The molecule has 0 amide bonds. The number of nitrogens with one attached hydrogen (secondary N) is 2. The zero-order valence-electron chi connectivity index (χ0n) is 17.8. The van der Waals surface area contributed by atoms with Gasteiger partial charge in [-0.3, -0.25) is 4.72 Å². The first-order valence-electron chi connectivity index (χ1n) is 9.74. The van der Waals surface area contributed by atoms with Crippen molar-refractivity contribution in [2.75, 3.05) is 23.1 Å². The summed E-state index contributed by atoms with van der Waals surface area (Å²) in [6.07, 6.45) is 3.13. The lowest BCUT2D eigenvalue weighted by atomic mass is 9.78. The van der Waals surface area contributed by atoms with Crippen molar-refractivity contribution in [2.45, 2.75) is 51.5 Å². The van der Waals surface area contributed by atoms with E-state index in [-0.39, 0.29) is 27.4 Å². The number of benzene rings is 1. The zero-order chi connectivity index (χ0) is 22.5. The molecule has 1 aromatic heterocycles. The summed E-state index contributed by atoms with van der Waals surface area (Å²) in [7, 11) is -3.81. The molecule has 0 radical (unpaired) electrons. The van der Waals surface area contributed by atoms with Gasteiger partial charge in [-0.05, 0) is 62.3 Å². The Bertz CT molecular complexity index is 933. The van der Waals surface area contributed by atoms with Crippen LogP contribution < -0.4 is 21.5 Å². The molecule has 168 valence electrons. The smallest absolute Gasteiger partial charge is 0.264 e. The molecule has 0 bridgehead atoms. The Morgan fingerprint density at radius 2 is 2.03 bits per heavy atom. The van der Waals surface area contributed by atoms with E-state index < -0.39 is 10.0 Å². The van der Waals surface area contributed by atoms with Crippen LogP contribution in [0.3, 0.4) is 0 Å². The third kappa shape index (κ3) is 6.78. The first kappa shape index (κ1) is 24.8. The molecule has 2 aromatic rings.